The van der Waals surface area contributed by atoms with Crippen molar-refractivity contribution in [3.63, 3.8) is 0 Å². The molecule has 0 spiro atoms. The summed E-state index contributed by atoms with van der Waals surface area (Å²) >= 11 is 19.3. The van der Waals surface area contributed by atoms with Gasteiger partial charge in [-0.15, -0.1) is 0 Å². The van der Waals surface area contributed by atoms with Crippen LogP contribution in [0.3, 0.4) is 0 Å². The Morgan fingerprint density at radius 1 is 1.03 bits per heavy atom. The van der Waals surface area contributed by atoms with Crippen LogP contribution in [0.4, 0.5) is 15.8 Å². The molecule has 176 valence electrons. The molecule has 5 nitrogen and oxygen atoms in total. The third-order valence-electron chi connectivity index (χ3n) is 5.10. The summed E-state index contributed by atoms with van der Waals surface area (Å²) in [5, 5.41) is 13.3. The molecule has 0 aliphatic carbocycles. The number of nitrogens with zero attached hydrogens (tertiary/aromatic N) is 2. The highest BCUT2D eigenvalue weighted by Crippen LogP contribution is 2.42. The number of halogens is 4. The number of benzene rings is 3. The van der Waals surface area contributed by atoms with Gasteiger partial charge in [0, 0.05) is 16.4 Å². The van der Waals surface area contributed by atoms with E-state index in [-0.39, 0.29) is 16.5 Å². The number of nitriles is 1. The molecule has 3 aromatic carbocycles. The summed E-state index contributed by atoms with van der Waals surface area (Å²) < 4.78 is 13.2. The van der Waals surface area contributed by atoms with Gasteiger partial charge in [0.15, 0.2) is 0 Å². The van der Waals surface area contributed by atoms with Gasteiger partial charge < -0.3 is 5.32 Å². The molecule has 1 N–H and O–H groups in total. The van der Waals surface area contributed by atoms with Crippen LogP contribution in [-0.4, -0.2) is 17.1 Å². The van der Waals surface area contributed by atoms with Gasteiger partial charge in [0.1, 0.15) is 22.5 Å². The van der Waals surface area contributed by atoms with Crippen LogP contribution < -0.4 is 10.2 Å². The van der Waals surface area contributed by atoms with E-state index in [4.69, 9.17) is 34.8 Å². The minimum absolute atomic E-state index is 0.185. The monoisotopic (exact) mass is 545 g/mol. The Bertz CT molecular complexity index is 1370. The number of hydrogen-bond donors (Lipinski definition) is 1. The summed E-state index contributed by atoms with van der Waals surface area (Å²) in [6.07, 6.45) is 0.298. The number of carbonyl (C=O) groups excluding carboxylic acids is 2. The lowest BCUT2D eigenvalue weighted by Gasteiger charge is -2.19. The van der Waals surface area contributed by atoms with Gasteiger partial charge in [0.25, 0.3) is 5.91 Å². The molecule has 0 saturated carbocycles. The zero-order chi connectivity index (χ0) is 25.1. The zero-order valence-corrected chi connectivity index (χ0v) is 20.9. The summed E-state index contributed by atoms with van der Waals surface area (Å²) in [5.74, 6) is -1.48. The van der Waals surface area contributed by atoms with Crippen LogP contribution in [-0.2, 0) is 16.0 Å². The van der Waals surface area contributed by atoms with Gasteiger partial charge >= 0.3 is 0 Å². The molecule has 1 saturated heterocycles. The fraction of sp³-hybridized carbons (Fsp3) is 0.0800. The standard InChI is InChI=1S/C25H15Cl3FN3O2S/c26-15-2-8-18(9-3-15)32-24(34)22(12-14-1-10-20(27)21(28)11-14)35-25(32)19(13-30)23(33)31-17-6-4-16(29)5-7-17/h1-11,22H,12H2,(H,31,33)/b25-19+/t22-/m0/s1. The Kier molecular flexibility index (Phi) is 7.68. The molecule has 1 aliphatic rings. The van der Waals surface area contributed by atoms with E-state index in [1.807, 2.05) is 6.07 Å². The van der Waals surface area contributed by atoms with Gasteiger partial charge in [-0.25, -0.2) is 4.39 Å². The molecule has 1 atom stereocenters. The third kappa shape index (κ3) is 5.63. The second kappa shape index (κ2) is 10.7. The maximum absolute atomic E-state index is 13.5. The average Bonchev–Trinajstić information content (AvgIpc) is 3.14. The van der Waals surface area contributed by atoms with E-state index >= 15 is 0 Å². The minimum Gasteiger partial charge on any atom is -0.321 e. The molecular weight excluding hydrogens is 532 g/mol. The molecule has 4 rings (SSSR count). The maximum atomic E-state index is 13.5. The highest BCUT2D eigenvalue weighted by Gasteiger charge is 2.40. The van der Waals surface area contributed by atoms with E-state index in [0.717, 1.165) is 17.3 Å². The molecular formula is C25H15Cl3FN3O2S. The van der Waals surface area contributed by atoms with Gasteiger partial charge in [0.2, 0.25) is 5.91 Å². The number of amides is 2. The zero-order valence-electron chi connectivity index (χ0n) is 17.8. The number of nitrogens with one attached hydrogen (secondary N) is 1. The first-order valence-corrected chi connectivity index (χ1v) is 12.2. The van der Waals surface area contributed by atoms with Gasteiger partial charge in [-0.3, -0.25) is 14.5 Å². The Balaban J connectivity index is 1.72. The van der Waals surface area contributed by atoms with Crippen molar-refractivity contribution in [1.82, 2.24) is 0 Å². The third-order valence-corrected chi connectivity index (χ3v) is 7.35. The van der Waals surface area contributed by atoms with Crippen LogP contribution in [0.25, 0.3) is 0 Å². The molecule has 35 heavy (non-hydrogen) atoms. The van der Waals surface area contributed by atoms with Crippen LogP contribution in [0.5, 0.6) is 0 Å². The fourth-order valence-corrected chi connectivity index (χ4v) is 5.17. The van der Waals surface area contributed by atoms with Crippen LogP contribution in [0.1, 0.15) is 5.56 Å². The Morgan fingerprint density at radius 2 is 1.71 bits per heavy atom. The number of thioether (sulfide) groups is 1. The van der Waals surface area contributed by atoms with E-state index in [9.17, 15) is 19.2 Å². The number of rotatable bonds is 5. The Labute approximate surface area is 220 Å². The summed E-state index contributed by atoms with van der Waals surface area (Å²) in [4.78, 5) is 27.8. The van der Waals surface area contributed by atoms with E-state index < -0.39 is 17.0 Å². The van der Waals surface area contributed by atoms with Crippen LogP contribution in [0, 0.1) is 17.1 Å². The summed E-state index contributed by atoms with van der Waals surface area (Å²) in [6.45, 7) is 0. The van der Waals surface area contributed by atoms with E-state index in [0.29, 0.717) is 32.9 Å². The first-order valence-electron chi connectivity index (χ1n) is 10.2. The molecule has 0 bridgehead atoms. The SMILES string of the molecule is N#C/C(C(=O)Nc1ccc(F)cc1)=C1\S[C@@H](Cc2ccc(Cl)c(Cl)c2)C(=O)N1c1ccc(Cl)cc1. The van der Waals surface area contributed by atoms with Crippen LogP contribution >= 0.6 is 46.6 Å². The molecule has 0 unspecified atom stereocenters. The van der Waals surface area contributed by atoms with Crippen molar-refractivity contribution >= 4 is 69.8 Å². The highest BCUT2D eigenvalue weighted by molar-refractivity contribution is 8.05. The topological polar surface area (TPSA) is 73.2 Å². The van der Waals surface area contributed by atoms with Crippen molar-refractivity contribution in [3.05, 3.63) is 104 Å². The van der Waals surface area contributed by atoms with Gasteiger partial charge in [-0.1, -0.05) is 52.6 Å². The van der Waals surface area contributed by atoms with Crippen molar-refractivity contribution in [2.75, 3.05) is 10.2 Å². The molecule has 2 amide bonds. The molecule has 0 radical (unpaired) electrons. The van der Waals surface area contributed by atoms with Crippen LogP contribution in [0.15, 0.2) is 77.3 Å². The second-order valence-corrected chi connectivity index (χ2v) is 9.90. The normalized spacial score (nSPS) is 16.7. The van der Waals surface area contributed by atoms with Crippen molar-refractivity contribution < 1.29 is 14.0 Å². The number of carbonyl (C=O) groups is 2. The molecule has 3 aromatic rings. The van der Waals surface area contributed by atoms with Crippen LogP contribution in [0.2, 0.25) is 15.1 Å². The predicted octanol–water partition coefficient (Wildman–Crippen LogP) is 6.85. The van der Waals surface area contributed by atoms with Crippen molar-refractivity contribution in [2.24, 2.45) is 0 Å². The quantitative estimate of drug-likeness (QED) is 0.281. The lowest BCUT2D eigenvalue weighted by atomic mass is 10.1. The Morgan fingerprint density at radius 3 is 2.34 bits per heavy atom. The maximum Gasteiger partial charge on any atom is 0.269 e. The minimum atomic E-state index is -0.719. The summed E-state index contributed by atoms with van der Waals surface area (Å²) in [7, 11) is 0. The van der Waals surface area contributed by atoms with Crippen molar-refractivity contribution in [1.29, 1.82) is 5.26 Å². The smallest absolute Gasteiger partial charge is 0.269 e. The van der Waals surface area contributed by atoms with E-state index in [2.05, 4.69) is 5.32 Å². The molecule has 1 heterocycles. The first-order chi connectivity index (χ1) is 16.8. The van der Waals surface area contributed by atoms with Gasteiger partial charge in [0.05, 0.1) is 15.3 Å². The fourth-order valence-electron chi connectivity index (χ4n) is 3.42. The largest absolute Gasteiger partial charge is 0.321 e. The highest BCUT2D eigenvalue weighted by atomic mass is 35.5. The molecule has 1 aliphatic heterocycles. The molecule has 1 fully saturated rings. The average molecular weight is 547 g/mol. The summed E-state index contributed by atoms with van der Waals surface area (Å²) in [5.41, 5.74) is 1.29. The lowest BCUT2D eigenvalue weighted by molar-refractivity contribution is -0.117. The van der Waals surface area contributed by atoms with E-state index in [1.165, 1.54) is 29.2 Å². The summed E-state index contributed by atoms with van der Waals surface area (Å²) in [6, 6.07) is 18.7. The van der Waals surface area contributed by atoms with Gasteiger partial charge in [-0.2, -0.15) is 5.26 Å². The van der Waals surface area contributed by atoms with E-state index in [1.54, 1.807) is 42.5 Å². The Hall–Kier alpha value is -3.02. The number of anilines is 2. The number of hydrogen-bond acceptors (Lipinski definition) is 4. The predicted molar refractivity (Wildman–Crippen MR) is 138 cm³/mol. The molecule has 10 heteroatoms. The lowest BCUT2D eigenvalue weighted by Crippen LogP contribution is -2.30. The molecule has 0 aromatic heterocycles. The van der Waals surface area contributed by atoms with Gasteiger partial charge in [-0.05, 0) is 72.6 Å². The van der Waals surface area contributed by atoms with Crippen molar-refractivity contribution in [2.45, 2.75) is 11.7 Å². The first kappa shape index (κ1) is 25.1. The second-order valence-electron chi connectivity index (χ2n) is 7.46. The van der Waals surface area contributed by atoms with Crippen molar-refractivity contribution in [3.8, 4) is 6.07 Å².